The van der Waals surface area contributed by atoms with Crippen LogP contribution in [0.4, 0.5) is 0 Å². The average molecular weight is 439 g/mol. The number of aromatic nitrogens is 4. The van der Waals surface area contributed by atoms with Crippen LogP contribution >= 0.6 is 23.1 Å². The number of thioether (sulfide) groups is 1. The van der Waals surface area contributed by atoms with Gasteiger partial charge in [0.05, 0.1) is 22.0 Å². The summed E-state index contributed by atoms with van der Waals surface area (Å²) >= 11 is 3.11. The number of para-hydroxylation sites is 1. The highest BCUT2D eigenvalue weighted by Gasteiger charge is 2.24. The van der Waals surface area contributed by atoms with E-state index < -0.39 is 0 Å². The van der Waals surface area contributed by atoms with Crippen LogP contribution in [0, 0.1) is 5.92 Å². The number of hydrogen-bond donors (Lipinski definition) is 1. The lowest BCUT2D eigenvalue weighted by molar-refractivity contribution is 0.509. The van der Waals surface area contributed by atoms with Crippen LogP contribution in [0.15, 0.2) is 39.0 Å². The second-order valence-electron chi connectivity index (χ2n) is 7.79. The Morgan fingerprint density at radius 3 is 2.93 bits per heavy atom. The third-order valence-electron chi connectivity index (χ3n) is 5.70. The van der Waals surface area contributed by atoms with Gasteiger partial charge in [-0.05, 0) is 49.8 Å². The van der Waals surface area contributed by atoms with Gasteiger partial charge in [0.15, 0.2) is 5.16 Å². The van der Waals surface area contributed by atoms with Crippen LogP contribution in [-0.4, -0.2) is 19.5 Å². The van der Waals surface area contributed by atoms with Crippen molar-refractivity contribution in [2.75, 3.05) is 0 Å². The van der Waals surface area contributed by atoms with E-state index in [1.165, 1.54) is 22.2 Å². The Bertz CT molecular complexity index is 1390. The standard InChI is InChI=1S/C22H22N4O2S2/c1-3-26-21(28)18-14-9-8-12(2)10-16(14)30-20(18)25-22(26)29-11-17-23-15-7-5-4-6-13(15)19(27)24-17/h4-7,12H,3,8-11H2,1-2H3,(H,23,24,27). The number of rotatable bonds is 4. The van der Waals surface area contributed by atoms with Gasteiger partial charge in [0, 0.05) is 11.4 Å². The molecule has 0 spiro atoms. The maximum absolute atomic E-state index is 13.3. The monoisotopic (exact) mass is 438 g/mol. The molecule has 1 atom stereocenters. The molecule has 1 aliphatic carbocycles. The van der Waals surface area contributed by atoms with Crippen molar-refractivity contribution < 1.29 is 0 Å². The van der Waals surface area contributed by atoms with Crippen LogP contribution in [-0.2, 0) is 25.1 Å². The Kier molecular flexibility index (Phi) is 4.99. The van der Waals surface area contributed by atoms with E-state index in [9.17, 15) is 9.59 Å². The molecule has 3 aromatic heterocycles. The third-order valence-corrected chi connectivity index (χ3v) is 7.83. The van der Waals surface area contributed by atoms with E-state index in [1.807, 2.05) is 25.1 Å². The van der Waals surface area contributed by atoms with E-state index in [-0.39, 0.29) is 11.1 Å². The summed E-state index contributed by atoms with van der Waals surface area (Å²) in [6.45, 7) is 4.80. The summed E-state index contributed by atoms with van der Waals surface area (Å²) in [5, 5.41) is 2.07. The van der Waals surface area contributed by atoms with E-state index in [0.29, 0.717) is 40.1 Å². The van der Waals surface area contributed by atoms with Gasteiger partial charge in [0.2, 0.25) is 0 Å². The Balaban J connectivity index is 1.53. The molecule has 8 heteroatoms. The summed E-state index contributed by atoms with van der Waals surface area (Å²) in [7, 11) is 0. The lowest BCUT2D eigenvalue weighted by Gasteiger charge is -2.17. The summed E-state index contributed by atoms with van der Waals surface area (Å²) in [5.74, 6) is 1.68. The number of fused-ring (bicyclic) bond motifs is 4. The third kappa shape index (κ3) is 3.28. The van der Waals surface area contributed by atoms with Crippen LogP contribution < -0.4 is 11.1 Å². The van der Waals surface area contributed by atoms with Crippen molar-refractivity contribution >= 4 is 44.2 Å². The van der Waals surface area contributed by atoms with Gasteiger partial charge in [-0.2, -0.15) is 0 Å². The number of aromatic amines is 1. The van der Waals surface area contributed by atoms with Crippen LogP contribution in [0.2, 0.25) is 0 Å². The quantitative estimate of drug-likeness (QED) is 0.383. The molecule has 0 aliphatic heterocycles. The van der Waals surface area contributed by atoms with Gasteiger partial charge < -0.3 is 4.98 Å². The van der Waals surface area contributed by atoms with Crippen molar-refractivity contribution in [3.8, 4) is 0 Å². The summed E-state index contributed by atoms with van der Waals surface area (Å²) in [6, 6.07) is 7.30. The minimum atomic E-state index is -0.146. The molecule has 4 aromatic rings. The zero-order valence-corrected chi connectivity index (χ0v) is 18.5. The van der Waals surface area contributed by atoms with E-state index in [2.05, 4.69) is 16.9 Å². The summed E-state index contributed by atoms with van der Waals surface area (Å²) in [4.78, 5) is 40.0. The van der Waals surface area contributed by atoms with Gasteiger partial charge in [0.25, 0.3) is 11.1 Å². The Labute approximate surface area is 181 Å². The minimum absolute atomic E-state index is 0.0528. The fourth-order valence-electron chi connectivity index (χ4n) is 4.13. The first kappa shape index (κ1) is 19.5. The fourth-order valence-corrected chi connectivity index (χ4v) is 6.49. The molecular formula is C22H22N4O2S2. The van der Waals surface area contributed by atoms with E-state index in [0.717, 1.165) is 29.5 Å². The molecule has 3 heterocycles. The Morgan fingerprint density at radius 1 is 1.27 bits per heavy atom. The average Bonchev–Trinajstić information content (AvgIpc) is 3.10. The van der Waals surface area contributed by atoms with Crippen LogP contribution in [0.3, 0.4) is 0 Å². The molecule has 0 radical (unpaired) electrons. The van der Waals surface area contributed by atoms with E-state index in [1.54, 1.807) is 22.0 Å². The molecule has 0 fully saturated rings. The van der Waals surface area contributed by atoms with Crippen molar-refractivity contribution in [2.45, 2.75) is 50.6 Å². The predicted octanol–water partition coefficient (Wildman–Crippen LogP) is 4.13. The maximum atomic E-state index is 13.3. The zero-order chi connectivity index (χ0) is 20.8. The second kappa shape index (κ2) is 7.67. The molecule has 5 rings (SSSR count). The Morgan fingerprint density at radius 2 is 2.10 bits per heavy atom. The molecule has 0 bridgehead atoms. The zero-order valence-electron chi connectivity index (χ0n) is 16.9. The lowest BCUT2D eigenvalue weighted by atomic mass is 9.89. The molecular weight excluding hydrogens is 416 g/mol. The van der Waals surface area contributed by atoms with Crippen molar-refractivity contribution in [2.24, 2.45) is 5.92 Å². The molecule has 1 N–H and O–H groups in total. The number of thiophene rings is 1. The van der Waals surface area contributed by atoms with Gasteiger partial charge in [-0.1, -0.05) is 30.8 Å². The fraction of sp³-hybridized carbons (Fsp3) is 0.364. The van der Waals surface area contributed by atoms with Gasteiger partial charge in [0.1, 0.15) is 10.7 Å². The number of nitrogens with one attached hydrogen (secondary N) is 1. The number of benzene rings is 1. The van der Waals surface area contributed by atoms with Gasteiger partial charge in [-0.3, -0.25) is 14.2 Å². The number of nitrogens with zero attached hydrogens (tertiary/aromatic N) is 3. The Hall–Kier alpha value is -2.45. The SMILES string of the molecule is CCn1c(SCc2nc3ccccc3c(=O)[nH]2)nc2sc3c(c2c1=O)CCC(C)C3. The maximum Gasteiger partial charge on any atom is 0.263 e. The lowest BCUT2D eigenvalue weighted by Crippen LogP contribution is -2.23. The van der Waals surface area contributed by atoms with Crippen molar-refractivity contribution in [3.63, 3.8) is 0 Å². The minimum Gasteiger partial charge on any atom is -0.309 e. The molecule has 0 saturated heterocycles. The number of H-pyrrole nitrogens is 1. The number of aryl methyl sites for hydroxylation is 1. The van der Waals surface area contributed by atoms with Crippen molar-refractivity contribution in [3.05, 3.63) is 61.2 Å². The number of hydrogen-bond acceptors (Lipinski definition) is 6. The molecule has 1 unspecified atom stereocenters. The normalized spacial score (nSPS) is 16.3. The molecule has 30 heavy (non-hydrogen) atoms. The molecule has 154 valence electrons. The summed E-state index contributed by atoms with van der Waals surface area (Å²) in [6.07, 6.45) is 3.13. The van der Waals surface area contributed by atoms with Crippen LogP contribution in [0.5, 0.6) is 0 Å². The first-order chi connectivity index (χ1) is 14.5. The predicted molar refractivity (Wildman–Crippen MR) is 123 cm³/mol. The van der Waals surface area contributed by atoms with E-state index >= 15 is 0 Å². The van der Waals surface area contributed by atoms with Crippen LogP contribution in [0.25, 0.3) is 21.1 Å². The molecule has 0 amide bonds. The van der Waals surface area contributed by atoms with Crippen molar-refractivity contribution in [1.82, 2.24) is 19.5 Å². The van der Waals surface area contributed by atoms with Crippen LogP contribution in [0.1, 0.15) is 36.5 Å². The molecule has 1 aromatic carbocycles. The highest BCUT2D eigenvalue weighted by atomic mass is 32.2. The smallest absolute Gasteiger partial charge is 0.263 e. The second-order valence-corrected chi connectivity index (χ2v) is 9.82. The first-order valence-corrected chi connectivity index (χ1v) is 12.0. The molecule has 0 saturated carbocycles. The van der Waals surface area contributed by atoms with Gasteiger partial charge >= 0.3 is 0 Å². The highest BCUT2D eigenvalue weighted by Crippen LogP contribution is 2.36. The van der Waals surface area contributed by atoms with Gasteiger partial charge in [-0.15, -0.1) is 11.3 Å². The molecule has 6 nitrogen and oxygen atoms in total. The molecule has 1 aliphatic rings. The summed E-state index contributed by atoms with van der Waals surface area (Å²) in [5.41, 5.74) is 1.79. The largest absolute Gasteiger partial charge is 0.309 e. The topological polar surface area (TPSA) is 80.6 Å². The highest BCUT2D eigenvalue weighted by molar-refractivity contribution is 7.98. The first-order valence-electron chi connectivity index (χ1n) is 10.2. The van der Waals surface area contributed by atoms with Gasteiger partial charge in [-0.25, -0.2) is 9.97 Å². The summed E-state index contributed by atoms with van der Waals surface area (Å²) < 4.78 is 1.75. The van der Waals surface area contributed by atoms with E-state index in [4.69, 9.17) is 4.98 Å². The van der Waals surface area contributed by atoms with Crippen molar-refractivity contribution in [1.29, 1.82) is 0 Å².